The SMILES string of the molecule is NC(Cc1ccncc1)C1CCc2ccccc21. The highest BCUT2D eigenvalue weighted by atomic mass is 14.7. The van der Waals surface area contributed by atoms with Gasteiger partial charge in [0.05, 0.1) is 0 Å². The average Bonchev–Trinajstić information content (AvgIpc) is 2.84. The topological polar surface area (TPSA) is 38.9 Å². The lowest BCUT2D eigenvalue weighted by atomic mass is 9.90. The highest BCUT2D eigenvalue weighted by Crippen LogP contribution is 2.35. The molecule has 0 saturated carbocycles. The number of benzene rings is 1. The van der Waals surface area contributed by atoms with Crippen molar-refractivity contribution in [2.24, 2.45) is 5.73 Å². The van der Waals surface area contributed by atoms with E-state index in [9.17, 15) is 0 Å². The molecule has 18 heavy (non-hydrogen) atoms. The summed E-state index contributed by atoms with van der Waals surface area (Å²) in [5.41, 5.74) is 10.6. The Bertz CT molecular complexity index is 522. The summed E-state index contributed by atoms with van der Waals surface area (Å²) in [6.07, 6.45) is 6.97. The largest absolute Gasteiger partial charge is 0.327 e. The van der Waals surface area contributed by atoms with Crippen molar-refractivity contribution in [3.8, 4) is 0 Å². The first-order valence-corrected chi connectivity index (χ1v) is 6.57. The summed E-state index contributed by atoms with van der Waals surface area (Å²) in [7, 11) is 0. The van der Waals surface area contributed by atoms with Gasteiger partial charge in [0.2, 0.25) is 0 Å². The molecule has 1 aliphatic carbocycles. The number of nitrogens with zero attached hydrogens (tertiary/aromatic N) is 1. The van der Waals surface area contributed by atoms with Gasteiger partial charge in [-0.15, -0.1) is 0 Å². The van der Waals surface area contributed by atoms with Crippen molar-refractivity contribution in [2.75, 3.05) is 0 Å². The van der Waals surface area contributed by atoms with E-state index in [1.807, 2.05) is 12.4 Å². The summed E-state index contributed by atoms with van der Waals surface area (Å²) in [6.45, 7) is 0. The van der Waals surface area contributed by atoms with Crippen LogP contribution < -0.4 is 5.73 Å². The molecule has 0 aliphatic heterocycles. The third-order valence-corrected chi connectivity index (χ3v) is 3.92. The number of rotatable bonds is 3. The van der Waals surface area contributed by atoms with Crippen LogP contribution >= 0.6 is 0 Å². The number of aryl methyl sites for hydroxylation is 1. The third-order valence-electron chi connectivity index (χ3n) is 3.92. The van der Waals surface area contributed by atoms with E-state index in [0.717, 1.165) is 6.42 Å². The van der Waals surface area contributed by atoms with E-state index in [1.54, 1.807) is 0 Å². The Morgan fingerprint density at radius 2 is 1.94 bits per heavy atom. The molecular formula is C16H18N2. The second-order valence-corrected chi connectivity index (χ2v) is 5.07. The summed E-state index contributed by atoms with van der Waals surface area (Å²) >= 11 is 0. The Kier molecular flexibility index (Phi) is 3.11. The maximum absolute atomic E-state index is 6.41. The van der Waals surface area contributed by atoms with Gasteiger partial charge in [-0.1, -0.05) is 24.3 Å². The third kappa shape index (κ3) is 2.16. The first-order chi connectivity index (χ1) is 8.84. The predicted molar refractivity (Wildman–Crippen MR) is 73.4 cm³/mol. The highest BCUT2D eigenvalue weighted by molar-refractivity contribution is 5.36. The molecule has 2 unspecified atom stereocenters. The molecule has 2 aromatic rings. The summed E-state index contributed by atoms with van der Waals surface area (Å²) in [5.74, 6) is 0.509. The fourth-order valence-corrected chi connectivity index (χ4v) is 2.97. The van der Waals surface area contributed by atoms with Gasteiger partial charge in [-0.2, -0.15) is 0 Å². The number of hydrogen-bond donors (Lipinski definition) is 1. The van der Waals surface area contributed by atoms with Gasteiger partial charge in [-0.25, -0.2) is 0 Å². The summed E-state index contributed by atoms with van der Waals surface area (Å²) in [4.78, 5) is 4.05. The number of pyridine rings is 1. The monoisotopic (exact) mass is 238 g/mol. The number of nitrogens with two attached hydrogens (primary N) is 1. The van der Waals surface area contributed by atoms with Crippen molar-refractivity contribution in [1.29, 1.82) is 0 Å². The minimum absolute atomic E-state index is 0.205. The molecule has 1 aliphatic rings. The van der Waals surface area contributed by atoms with Crippen molar-refractivity contribution < 1.29 is 0 Å². The van der Waals surface area contributed by atoms with Crippen LogP contribution in [-0.2, 0) is 12.8 Å². The molecule has 0 radical (unpaired) electrons. The Hall–Kier alpha value is -1.67. The molecule has 2 atom stereocenters. The minimum atomic E-state index is 0.205. The van der Waals surface area contributed by atoms with Gasteiger partial charge in [0.15, 0.2) is 0 Å². The van der Waals surface area contributed by atoms with E-state index in [4.69, 9.17) is 5.73 Å². The lowest BCUT2D eigenvalue weighted by Gasteiger charge is -2.20. The fourth-order valence-electron chi connectivity index (χ4n) is 2.97. The van der Waals surface area contributed by atoms with Gasteiger partial charge < -0.3 is 5.73 Å². The van der Waals surface area contributed by atoms with Crippen LogP contribution in [0.15, 0.2) is 48.8 Å². The first-order valence-electron chi connectivity index (χ1n) is 6.57. The Balaban J connectivity index is 1.77. The van der Waals surface area contributed by atoms with Gasteiger partial charge >= 0.3 is 0 Å². The molecule has 2 nitrogen and oxygen atoms in total. The van der Waals surface area contributed by atoms with Crippen molar-refractivity contribution in [2.45, 2.75) is 31.2 Å². The van der Waals surface area contributed by atoms with Gasteiger partial charge in [0, 0.05) is 18.4 Å². The van der Waals surface area contributed by atoms with Crippen molar-refractivity contribution in [1.82, 2.24) is 4.98 Å². The molecule has 1 heterocycles. The molecule has 0 fully saturated rings. The number of fused-ring (bicyclic) bond motifs is 1. The van der Waals surface area contributed by atoms with Crippen LogP contribution in [0.1, 0.15) is 29.0 Å². The maximum atomic E-state index is 6.41. The predicted octanol–water partition coefficient (Wildman–Crippen LogP) is 2.68. The molecule has 92 valence electrons. The van der Waals surface area contributed by atoms with Crippen LogP contribution in [0, 0.1) is 0 Å². The van der Waals surface area contributed by atoms with Crippen LogP contribution in [0.3, 0.4) is 0 Å². The molecule has 1 aromatic carbocycles. The van der Waals surface area contributed by atoms with E-state index in [0.29, 0.717) is 5.92 Å². The molecule has 1 aromatic heterocycles. The molecule has 0 saturated heterocycles. The summed E-state index contributed by atoms with van der Waals surface area (Å²) in [6, 6.07) is 13.0. The molecular weight excluding hydrogens is 220 g/mol. The molecule has 0 bridgehead atoms. The molecule has 0 amide bonds. The van der Waals surface area contributed by atoms with Crippen LogP contribution in [0.2, 0.25) is 0 Å². The van der Waals surface area contributed by atoms with Gasteiger partial charge in [-0.05, 0) is 54.0 Å². The van der Waals surface area contributed by atoms with Crippen molar-refractivity contribution in [3.05, 3.63) is 65.5 Å². The van der Waals surface area contributed by atoms with Crippen LogP contribution in [0.4, 0.5) is 0 Å². The quantitative estimate of drug-likeness (QED) is 0.893. The Morgan fingerprint density at radius 1 is 1.17 bits per heavy atom. The second-order valence-electron chi connectivity index (χ2n) is 5.07. The normalized spacial score (nSPS) is 19.5. The van der Waals surface area contributed by atoms with E-state index in [-0.39, 0.29) is 6.04 Å². The minimum Gasteiger partial charge on any atom is -0.327 e. The van der Waals surface area contributed by atoms with E-state index >= 15 is 0 Å². The molecule has 2 N–H and O–H groups in total. The van der Waals surface area contributed by atoms with E-state index < -0.39 is 0 Å². The number of aromatic nitrogens is 1. The summed E-state index contributed by atoms with van der Waals surface area (Å²) in [5, 5.41) is 0. The van der Waals surface area contributed by atoms with E-state index in [1.165, 1.54) is 29.5 Å². The highest BCUT2D eigenvalue weighted by Gasteiger charge is 2.27. The maximum Gasteiger partial charge on any atom is 0.0270 e. The Morgan fingerprint density at radius 3 is 2.78 bits per heavy atom. The van der Waals surface area contributed by atoms with Crippen LogP contribution in [0.5, 0.6) is 0 Å². The lowest BCUT2D eigenvalue weighted by molar-refractivity contribution is 0.525. The van der Waals surface area contributed by atoms with Crippen LogP contribution in [0.25, 0.3) is 0 Å². The smallest absolute Gasteiger partial charge is 0.0270 e. The van der Waals surface area contributed by atoms with Crippen LogP contribution in [-0.4, -0.2) is 11.0 Å². The second kappa shape index (κ2) is 4.91. The van der Waals surface area contributed by atoms with Gasteiger partial charge in [-0.3, -0.25) is 4.98 Å². The molecule has 3 rings (SSSR count). The zero-order valence-electron chi connectivity index (χ0n) is 10.4. The standard InChI is InChI=1S/C16H18N2/c17-16(11-12-7-9-18-10-8-12)15-6-5-13-3-1-2-4-14(13)15/h1-4,7-10,15-16H,5-6,11,17H2. The summed E-state index contributed by atoms with van der Waals surface area (Å²) < 4.78 is 0. The lowest BCUT2D eigenvalue weighted by Crippen LogP contribution is -2.29. The van der Waals surface area contributed by atoms with Crippen molar-refractivity contribution in [3.63, 3.8) is 0 Å². The van der Waals surface area contributed by atoms with Crippen molar-refractivity contribution >= 4 is 0 Å². The van der Waals surface area contributed by atoms with Gasteiger partial charge in [0.25, 0.3) is 0 Å². The fraction of sp³-hybridized carbons (Fsp3) is 0.312. The Labute approximate surface area is 108 Å². The zero-order chi connectivity index (χ0) is 12.4. The zero-order valence-corrected chi connectivity index (χ0v) is 10.4. The average molecular weight is 238 g/mol. The van der Waals surface area contributed by atoms with Gasteiger partial charge in [0.1, 0.15) is 0 Å². The van der Waals surface area contributed by atoms with E-state index in [2.05, 4.69) is 41.4 Å². The first kappa shape index (κ1) is 11.4. The molecule has 0 spiro atoms. The number of hydrogen-bond acceptors (Lipinski definition) is 2. The molecule has 2 heteroatoms.